The van der Waals surface area contributed by atoms with Crippen molar-refractivity contribution in [3.8, 4) is 17.2 Å². The fourth-order valence-corrected chi connectivity index (χ4v) is 3.57. The van der Waals surface area contributed by atoms with Crippen molar-refractivity contribution in [1.82, 2.24) is 4.90 Å². The molecule has 26 heavy (non-hydrogen) atoms. The highest BCUT2D eigenvalue weighted by Gasteiger charge is 2.33. The van der Waals surface area contributed by atoms with E-state index < -0.39 is 0 Å². The van der Waals surface area contributed by atoms with E-state index in [9.17, 15) is 4.79 Å². The Balaban J connectivity index is 1.72. The second-order valence-corrected chi connectivity index (χ2v) is 6.63. The highest BCUT2D eigenvalue weighted by Crippen LogP contribution is 2.49. The van der Waals surface area contributed by atoms with Gasteiger partial charge in [0.1, 0.15) is 6.17 Å². The minimum absolute atomic E-state index is 0.0612. The van der Waals surface area contributed by atoms with Crippen molar-refractivity contribution in [1.29, 1.82) is 0 Å². The molecule has 0 spiro atoms. The standard InChI is InChI=1S/C20H22N2O4/c1-12(23)13-4-6-15(7-5-13)21-20-17-14(8-9-22(20)2)10-16-18(19(17)24-3)26-11-25-16/h4-7,10,20-21H,8-9,11H2,1-3H3. The number of nitrogens with zero attached hydrogens (tertiary/aromatic N) is 1. The Kier molecular flexibility index (Phi) is 4.20. The van der Waals surface area contributed by atoms with E-state index in [0.717, 1.165) is 35.7 Å². The fraction of sp³-hybridized carbons (Fsp3) is 0.350. The summed E-state index contributed by atoms with van der Waals surface area (Å²) in [4.78, 5) is 13.7. The van der Waals surface area contributed by atoms with Crippen molar-refractivity contribution in [3.05, 3.63) is 47.0 Å². The average molecular weight is 354 g/mol. The number of anilines is 1. The first-order valence-electron chi connectivity index (χ1n) is 8.65. The van der Waals surface area contributed by atoms with Gasteiger partial charge in [0, 0.05) is 23.4 Å². The maximum Gasteiger partial charge on any atom is 0.231 e. The Labute approximate surface area is 152 Å². The van der Waals surface area contributed by atoms with Crippen LogP contribution in [-0.2, 0) is 6.42 Å². The highest BCUT2D eigenvalue weighted by atomic mass is 16.7. The maximum absolute atomic E-state index is 11.5. The first kappa shape index (κ1) is 16.7. The van der Waals surface area contributed by atoms with Crippen molar-refractivity contribution in [3.63, 3.8) is 0 Å². The fourth-order valence-electron chi connectivity index (χ4n) is 3.57. The van der Waals surface area contributed by atoms with Gasteiger partial charge in [0.2, 0.25) is 12.5 Å². The Morgan fingerprint density at radius 3 is 2.73 bits per heavy atom. The lowest BCUT2D eigenvalue weighted by Gasteiger charge is -2.36. The van der Waals surface area contributed by atoms with E-state index in [2.05, 4.69) is 23.3 Å². The number of methoxy groups -OCH3 is 1. The third-order valence-electron chi connectivity index (χ3n) is 4.99. The molecule has 0 aromatic heterocycles. The van der Waals surface area contributed by atoms with Gasteiger partial charge in [-0.2, -0.15) is 0 Å². The van der Waals surface area contributed by atoms with Gasteiger partial charge < -0.3 is 19.5 Å². The third-order valence-corrected chi connectivity index (χ3v) is 4.99. The van der Waals surface area contributed by atoms with Crippen LogP contribution in [0.15, 0.2) is 30.3 Å². The summed E-state index contributed by atoms with van der Waals surface area (Å²) in [6.45, 7) is 2.70. The maximum atomic E-state index is 11.5. The van der Waals surface area contributed by atoms with E-state index >= 15 is 0 Å². The largest absolute Gasteiger partial charge is 0.492 e. The lowest BCUT2D eigenvalue weighted by molar-refractivity contribution is 0.101. The number of hydrogen-bond acceptors (Lipinski definition) is 6. The van der Waals surface area contributed by atoms with E-state index in [-0.39, 0.29) is 18.7 Å². The zero-order chi connectivity index (χ0) is 18.3. The second kappa shape index (κ2) is 6.53. The Morgan fingerprint density at radius 1 is 1.27 bits per heavy atom. The molecule has 2 aromatic carbocycles. The van der Waals surface area contributed by atoms with Crippen LogP contribution in [0.2, 0.25) is 0 Å². The van der Waals surface area contributed by atoms with Crippen molar-refractivity contribution in [2.24, 2.45) is 0 Å². The SMILES string of the molecule is COc1c2c(cc3c1C(Nc1ccc(C(C)=O)cc1)N(C)CC3)OCO2. The summed E-state index contributed by atoms with van der Waals surface area (Å²) in [5.74, 6) is 2.19. The Bertz CT molecular complexity index is 848. The van der Waals surface area contributed by atoms with Gasteiger partial charge in [-0.25, -0.2) is 0 Å². The minimum atomic E-state index is -0.0635. The molecule has 2 aliphatic rings. The van der Waals surface area contributed by atoms with Crippen molar-refractivity contribution in [2.75, 3.05) is 32.8 Å². The number of hydrogen-bond donors (Lipinski definition) is 1. The highest BCUT2D eigenvalue weighted by molar-refractivity contribution is 5.94. The molecule has 2 aromatic rings. The molecule has 0 bridgehead atoms. The Morgan fingerprint density at radius 2 is 2.04 bits per heavy atom. The number of fused-ring (bicyclic) bond motifs is 2. The van der Waals surface area contributed by atoms with E-state index in [1.54, 1.807) is 14.0 Å². The van der Waals surface area contributed by atoms with Gasteiger partial charge in [0.25, 0.3) is 0 Å². The number of benzene rings is 2. The van der Waals surface area contributed by atoms with Gasteiger partial charge in [-0.3, -0.25) is 9.69 Å². The van der Waals surface area contributed by atoms with Crippen LogP contribution in [0.5, 0.6) is 17.2 Å². The molecule has 136 valence electrons. The number of carbonyl (C=O) groups is 1. The molecule has 0 saturated heterocycles. The lowest BCUT2D eigenvalue weighted by Crippen LogP contribution is -2.37. The van der Waals surface area contributed by atoms with Gasteiger partial charge in [0.05, 0.1) is 7.11 Å². The molecule has 2 heterocycles. The van der Waals surface area contributed by atoms with Crippen LogP contribution in [0.25, 0.3) is 0 Å². The number of ether oxygens (including phenoxy) is 3. The molecular formula is C20H22N2O4. The molecule has 0 saturated carbocycles. The van der Waals surface area contributed by atoms with Crippen LogP contribution < -0.4 is 19.5 Å². The summed E-state index contributed by atoms with van der Waals surface area (Å²) in [6, 6.07) is 9.59. The number of nitrogens with one attached hydrogen (secondary N) is 1. The number of Topliss-reactive ketones (excluding diaryl/α,β-unsaturated/α-hetero) is 1. The summed E-state index contributed by atoms with van der Waals surface area (Å²) in [5.41, 5.74) is 3.91. The molecule has 4 rings (SSSR count). The summed E-state index contributed by atoms with van der Waals surface area (Å²) >= 11 is 0. The number of likely N-dealkylation sites (N-methyl/N-ethyl adjacent to an activating group) is 1. The molecule has 0 radical (unpaired) electrons. The monoisotopic (exact) mass is 354 g/mol. The molecule has 0 amide bonds. The van der Waals surface area contributed by atoms with Crippen molar-refractivity contribution >= 4 is 11.5 Å². The summed E-state index contributed by atoms with van der Waals surface area (Å²) in [5, 5.41) is 3.56. The van der Waals surface area contributed by atoms with Crippen LogP contribution in [0, 0.1) is 0 Å². The predicted molar refractivity (Wildman–Crippen MR) is 98.3 cm³/mol. The Hall–Kier alpha value is -2.73. The third kappa shape index (κ3) is 2.76. The first-order chi connectivity index (χ1) is 12.6. The molecule has 0 aliphatic carbocycles. The van der Waals surface area contributed by atoms with Gasteiger partial charge in [0.15, 0.2) is 17.3 Å². The molecule has 1 N–H and O–H groups in total. The first-order valence-corrected chi connectivity index (χ1v) is 8.65. The second-order valence-electron chi connectivity index (χ2n) is 6.63. The molecule has 6 nitrogen and oxygen atoms in total. The van der Waals surface area contributed by atoms with E-state index in [1.165, 1.54) is 5.56 Å². The molecule has 1 atom stereocenters. The summed E-state index contributed by atoms with van der Waals surface area (Å²) < 4.78 is 16.9. The lowest BCUT2D eigenvalue weighted by atomic mass is 9.94. The quantitative estimate of drug-likeness (QED) is 0.851. The zero-order valence-electron chi connectivity index (χ0n) is 15.2. The van der Waals surface area contributed by atoms with Crippen LogP contribution in [0.3, 0.4) is 0 Å². The molecule has 6 heteroatoms. The van der Waals surface area contributed by atoms with Crippen LogP contribution >= 0.6 is 0 Å². The van der Waals surface area contributed by atoms with Crippen LogP contribution in [0.1, 0.15) is 34.6 Å². The van der Waals surface area contributed by atoms with Crippen molar-refractivity contribution in [2.45, 2.75) is 19.5 Å². The normalized spacial score (nSPS) is 18.3. The van der Waals surface area contributed by atoms with Crippen molar-refractivity contribution < 1.29 is 19.0 Å². The zero-order valence-corrected chi connectivity index (χ0v) is 15.2. The topological polar surface area (TPSA) is 60.0 Å². The smallest absolute Gasteiger partial charge is 0.231 e. The van der Waals surface area contributed by atoms with Crippen LogP contribution in [0.4, 0.5) is 5.69 Å². The number of carbonyl (C=O) groups excluding carboxylic acids is 1. The summed E-state index contributed by atoms with van der Waals surface area (Å²) in [7, 11) is 3.74. The predicted octanol–water partition coefficient (Wildman–Crippen LogP) is 3.23. The van der Waals surface area contributed by atoms with E-state index in [4.69, 9.17) is 14.2 Å². The van der Waals surface area contributed by atoms with Gasteiger partial charge >= 0.3 is 0 Å². The molecule has 2 aliphatic heterocycles. The van der Waals surface area contributed by atoms with E-state index in [0.29, 0.717) is 11.3 Å². The molecular weight excluding hydrogens is 332 g/mol. The van der Waals surface area contributed by atoms with E-state index in [1.807, 2.05) is 24.3 Å². The van der Waals surface area contributed by atoms with Crippen LogP contribution in [-0.4, -0.2) is 38.2 Å². The average Bonchev–Trinajstić information content (AvgIpc) is 3.11. The molecule has 0 fully saturated rings. The summed E-state index contributed by atoms with van der Waals surface area (Å²) in [6.07, 6.45) is 0.853. The number of rotatable bonds is 4. The van der Waals surface area contributed by atoms with Gasteiger partial charge in [-0.05, 0) is 56.3 Å². The minimum Gasteiger partial charge on any atom is -0.492 e. The molecule has 1 unspecified atom stereocenters. The van der Waals surface area contributed by atoms with Gasteiger partial charge in [-0.1, -0.05) is 0 Å². The number of ketones is 1. The van der Waals surface area contributed by atoms with Gasteiger partial charge in [-0.15, -0.1) is 0 Å².